The van der Waals surface area contributed by atoms with Crippen LogP contribution in [0.15, 0.2) is 421 Å². The van der Waals surface area contributed by atoms with Crippen LogP contribution in [-0.4, -0.2) is 74.1 Å². The number of furan rings is 2. The summed E-state index contributed by atoms with van der Waals surface area (Å²) >= 11 is 0. The Hall–Kier alpha value is -20.0. The molecule has 664 valence electrons. The zero-order valence-corrected chi connectivity index (χ0v) is 76.2. The molecule has 15 heterocycles. The molecule has 0 atom stereocenters. The molecule has 0 bridgehead atoms. The summed E-state index contributed by atoms with van der Waals surface area (Å²) in [5, 5.41) is 21.2. The second kappa shape index (κ2) is 27.1. The van der Waals surface area contributed by atoms with Crippen LogP contribution in [0.3, 0.4) is 0 Å². The minimum atomic E-state index is 0.865. The molecule has 0 aliphatic carbocycles. The number of hydrogen-bond acceptors (Lipinski definition) is 8. The van der Waals surface area contributed by atoms with Gasteiger partial charge in [-0.25, -0.2) is 43.1 Å². The Kier molecular flexibility index (Phi) is 14.1. The second-order valence-corrected chi connectivity index (χ2v) is 38.7. The van der Waals surface area contributed by atoms with Crippen LogP contribution in [0.2, 0.25) is 0 Å². The first-order valence-corrected chi connectivity index (χ1v) is 48.7. The van der Waals surface area contributed by atoms with Crippen LogP contribution in [-0.2, 0) is 0 Å². The molecule has 0 unspecified atom stereocenters. The maximum Gasteiger partial charge on any atom is 0.223 e. The van der Waals surface area contributed by atoms with Crippen molar-refractivity contribution in [2.24, 2.45) is 0 Å². The normalized spacial score (nSPS) is 12.7. The number of rotatable bonds is 4. The first-order chi connectivity index (χ1) is 71.3. The van der Waals surface area contributed by atoms with Crippen molar-refractivity contribution in [3.05, 3.63) is 413 Å². The molecule has 0 radical (unpaired) electrons. The molecule has 144 heavy (non-hydrogen) atoms. The van der Waals surface area contributed by atoms with Crippen molar-refractivity contribution in [2.45, 2.75) is 0 Å². The van der Waals surface area contributed by atoms with Crippen LogP contribution < -0.4 is 0 Å². The first-order valence-electron chi connectivity index (χ1n) is 48.7. The molecule has 0 saturated carbocycles. The largest absolute Gasteiger partial charge is 0.456 e. The highest BCUT2D eigenvalue weighted by molar-refractivity contribution is 6.20. The maximum atomic E-state index is 6.32. The van der Waals surface area contributed by atoms with Gasteiger partial charge in [-0.15, -0.1) is 0 Å². The summed E-state index contributed by atoms with van der Waals surface area (Å²) in [7, 11) is 0. The van der Waals surface area contributed by atoms with Gasteiger partial charge in [0.1, 0.15) is 38.9 Å². The van der Waals surface area contributed by atoms with Crippen molar-refractivity contribution in [1.29, 1.82) is 0 Å². The molecule has 37 rings (SSSR count). The van der Waals surface area contributed by atoms with Crippen LogP contribution in [0.1, 0.15) is 0 Å². The molecular formula is C126H68N16O2. The van der Waals surface area contributed by atoms with Crippen LogP contribution in [0.25, 0.3) is 320 Å². The summed E-state index contributed by atoms with van der Waals surface area (Å²) in [6.45, 7) is 0. The smallest absolute Gasteiger partial charge is 0.223 e. The molecule has 0 spiro atoms. The van der Waals surface area contributed by atoms with E-state index in [1.165, 1.54) is 92.0 Å². The number of fused-ring (bicyclic) bond motifs is 45. The van der Waals surface area contributed by atoms with E-state index < -0.39 is 0 Å². The van der Waals surface area contributed by atoms with E-state index in [2.05, 4.69) is 432 Å². The number of para-hydroxylation sites is 5. The Morgan fingerprint density at radius 2 is 0.451 bits per heavy atom. The summed E-state index contributed by atoms with van der Waals surface area (Å²) in [6.07, 6.45) is 0. The summed E-state index contributed by atoms with van der Waals surface area (Å²) in [5.74, 6) is 5.20. The van der Waals surface area contributed by atoms with E-state index in [0.29, 0.717) is 0 Å². The number of imidazole rings is 12. The van der Waals surface area contributed by atoms with E-state index in [4.69, 9.17) is 38.7 Å². The number of nitrogens with zero attached hydrogens (tertiary/aromatic N) is 16. The van der Waals surface area contributed by atoms with Crippen molar-refractivity contribution in [3.8, 4) is 39.1 Å². The van der Waals surface area contributed by atoms with E-state index in [9.17, 15) is 0 Å². The van der Waals surface area contributed by atoms with Crippen LogP contribution in [0, 0.1) is 0 Å². The summed E-state index contributed by atoms with van der Waals surface area (Å²) in [6, 6.07) is 148. The monoisotopic (exact) mass is 1840 g/mol. The lowest BCUT2D eigenvalue weighted by Crippen LogP contribution is -1.95. The minimum absolute atomic E-state index is 0.865. The third-order valence-corrected chi connectivity index (χ3v) is 31.0. The van der Waals surface area contributed by atoms with Crippen molar-refractivity contribution >= 4 is 281 Å². The number of benzene rings is 22. The zero-order valence-electron chi connectivity index (χ0n) is 76.2. The summed E-state index contributed by atoms with van der Waals surface area (Å²) in [4.78, 5) is 31.7. The van der Waals surface area contributed by atoms with Gasteiger partial charge in [-0.1, -0.05) is 255 Å². The SMILES string of the molecule is c1ccc(-n2c3ccccc3c3cccc(-c4cc5c6c(c4)n4c7cc8ccccc8cc7nc4n6c4nc6cc7ccccc7cc6n54)c32)cc1.c1ccc2cc3c(cc2c1)nc1n3c2cc(-c3ccc4c(c3)oc3ccccc34)cc3c2n1c1nc2cc4ccccc4cc2n31.c1ccc2cc3c(cc2c1)nc1n3c2cc(-c3cccc4oc5ccccc5c34)cc3c2n1c1nc2cc4ccccc4cc2n31. The molecule has 15 aromatic heterocycles. The van der Waals surface area contributed by atoms with Crippen molar-refractivity contribution in [2.75, 3.05) is 0 Å². The molecule has 37 aromatic rings. The van der Waals surface area contributed by atoms with Crippen LogP contribution in [0.5, 0.6) is 0 Å². The fourth-order valence-corrected chi connectivity index (χ4v) is 24.7. The lowest BCUT2D eigenvalue weighted by Gasteiger charge is -2.12. The predicted molar refractivity (Wildman–Crippen MR) is 586 cm³/mol. The quantitative estimate of drug-likeness (QED) is 0.169. The highest BCUT2D eigenvalue weighted by Gasteiger charge is 2.32. The summed E-state index contributed by atoms with van der Waals surface area (Å²) in [5.41, 5.74) is 36.2. The third-order valence-electron chi connectivity index (χ3n) is 31.0. The van der Waals surface area contributed by atoms with E-state index in [0.717, 1.165) is 228 Å². The molecule has 0 aliphatic heterocycles. The average molecular weight is 1840 g/mol. The Labute approximate surface area is 809 Å². The topological polar surface area (TPSA) is 148 Å². The van der Waals surface area contributed by atoms with Gasteiger partial charge in [-0.05, 0) is 250 Å². The van der Waals surface area contributed by atoms with E-state index in [1.807, 2.05) is 24.3 Å². The standard InChI is InChI=1S/C46H26N6.2C40H21N5O/c1-2-15-32(16-3-1)49-38-20-9-8-17-34(38)35-19-10-18-33(43(35)49)31-25-41-44-42(26-31)51-40-24-30-14-7-5-12-28(30)22-37(40)48-46(51)52(44)45-47-36-21-27-11-4-6-13-29(27)23-39(36)50(41)45;1-3-10-24-18-31-29(16-22(24)8-1)41-39-43(31)33-20-26(27-13-7-15-36-37(27)28-12-5-6-14-35(28)46-36)21-34-38(33)45(39)40-42-30-17-23-9-2-4-11-25(23)19-32(30)44(34)40;1-3-9-24-17-32-30(15-22(24)7-1)41-39-43(32)34-19-27(26-13-14-29-28-11-5-6-12-36(28)46-37(29)21-26)20-35-38(34)45(39)40-42-31-16-23-8-2-4-10-25(23)18-33(31)44(35)40/h1-26H;2*1-21H. The van der Waals surface area contributed by atoms with Crippen LogP contribution >= 0.6 is 0 Å². The van der Waals surface area contributed by atoms with E-state index >= 15 is 0 Å². The van der Waals surface area contributed by atoms with Crippen molar-refractivity contribution < 1.29 is 8.83 Å². The zero-order chi connectivity index (χ0) is 93.0. The predicted octanol–water partition coefficient (Wildman–Crippen LogP) is 31.2. The Balaban J connectivity index is 0.0000000919. The lowest BCUT2D eigenvalue weighted by molar-refractivity contribution is 0.668. The van der Waals surface area contributed by atoms with Crippen LogP contribution in [0.4, 0.5) is 0 Å². The molecule has 0 aliphatic rings. The van der Waals surface area contributed by atoms with E-state index in [-0.39, 0.29) is 0 Å². The van der Waals surface area contributed by atoms with Gasteiger partial charge < -0.3 is 13.4 Å². The summed E-state index contributed by atoms with van der Waals surface area (Å²) < 4.78 is 35.8. The van der Waals surface area contributed by atoms with Crippen molar-refractivity contribution in [1.82, 2.24) is 74.1 Å². The van der Waals surface area contributed by atoms with E-state index in [1.54, 1.807) is 0 Å². The lowest BCUT2D eigenvalue weighted by atomic mass is 9.98. The molecular weight excluding hydrogens is 1770 g/mol. The first kappa shape index (κ1) is 75.2. The van der Waals surface area contributed by atoms with Gasteiger partial charge in [0.05, 0.1) is 110 Å². The molecule has 18 nitrogen and oxygen atoms in total. The third kappa shape index (κ3) is 9.94. The second-order valence-electron chi connectivity index (χ2n) is 38.7. The van der Waals surface area contributed by atoms with Gasteiger partial charge in [0.25, 0.3) is 0 Å². The Bertz CT molecular complexity index is 11900. The minimum Gasteiger partial charge on any atom is -0.456 e. The van der Waals surface area contributed by atoms with Gasteiger partial charge in [0, 0.05) is 43.6 Å². The fraction of sp³-hybridized carbons (Fsp3) is 0. The Morgan fingerprint density at radius 3 is 0.854 bits per heavy atom. The molecule has 0 saturated heterocycles. The fourth-order valence-electron chi connectivity index (χ4n) is 24.7. The van der Waals surface area contributed by atoms with Crippen molar-refractivity contribution in [3.63, 3.8) is 0 Å². The molecule has 0 amide bonds. The average Bonchev–Trinajstić information content (AvgIpc) is 1.52. The Morgan fingerprint density at radius 1 is 0.160 bits per heavy atom. The highest BCUT2D eigenvalue weighted by atomic mass is 16.3. The molecule has 0 N–H and O–H groups in total. The number of hydrogen-bond donors (Lipinski definition) is 0. The maximum absolute atomic E-state index is 6.32. The molecule has 18 heteroatoms. The van der Waals surface area contributed by atoms with Gasteiger partial charge in [0.15, 0.2) is 0 Å². The molecule has 22 aromatic carbocycles. The van der Waals surface area contributed by atoms with Gasteiger partial charge in [-0.2, -0.15) is 0 Å². The van der Waals surface area contributed by atoms with Gasteiger partial charge in [-0.3, -0.25) is 26.4 Å². The van der Waals surface area contributed by atoms with Gasteiger partial charge >= 0.3 is 0 Å². The number of aromatic nitrogens is 16. The molecule has 0 fully saturated rings. The highest BCUT2D eigenvalue weighted by Crippen LogP contribution is 2.49. The van der Waals surface area contributed by atoms with Gasteiger partial charge in [0.2, 0.25) is 34.7 Å².